The molecule has 0 N–H and O–H groups in total. The lowest BCUT2D eigenvalue weighted by molar-refractivity contribution is -0.122. The summed E-state index contributed by atoms with van der Waals surface area (Å²) in [6, 6.07) is 8.48. The van der Waals surface area contributed by atoms with E-state index in [2.05, 4.69) is 44.7 Å². The molecule has 0 aliphatic rings. The first-order chi connectivity index (χ1) is 10.4. The van der Waals surface area contributed by atoms with Crippen LogP contribution in [0.1, 0.15) is 72.4 Å². The Bertz CT molecular complexity index is 352. The maximum absolute atomic E-state index is 11.0. The van der Waals surface area contributed by atoms with Gasteiger partial charge >= 0.3 is 0 Å². The number of hydrogen-bond acceptors (Lipinski definition) is 1. The average molecular weight is 307 g/mol. The lowest BCUT2D eigenvalue weighted by Crippen LogP contribution is -2.09. The summed E-state index contributed by atoms with van der Waals surface area (Å²) in [5.41, 5.74) is 3.75. The normalized spacial score (nSPS) is 9.68. The maximum atomic E-state index is 11.0. The first-order valence-electron chi connectivity index (χ1n) is 8.57. The molecular weight excluding hydrogens is 268 g/mol. The van der Waals surface area contributed by atoms with Gasteiger partial charge in [-0.15, -0.1) is 6.58 Å². The standard InChI is InChI=1S/C9H16O.C8H10.2C2H6/c1-5-9(10)8(4)6-7(2)3;1-7-3-5-8(2)6-4-7;2*1-2/h8H,2,5-6H2,1,3-4H3;3-6H,1-2H3;2*1-2H3. The van der Waals surface area contributed by atoms with Crippen LogP contribution in [-0.4, -0.2) is 5.78 Å². The molecule has 1 unspecified atom stereocenters. The SMILES string of the molecule is C=C(C)CC(C)C(=O)CC.CC.CC.Cc1ccc(C)cc1. The maximum Gasteiger partial charge on any atom is 0.135 e. The van der Waals surface area contributed by atoms with Gasteiger partial charge in [0.15, 0.2) is 0 Å². The molecule has 1 atom stereocenters. The van der Waals surface area contributed by atoms with Crippen molar-refractivity contribution in [2.45, 2.75) is 75.2 Å². The number of ketones is 1. The van der Waals surface area contributed by atoms with Gasteiger partial charge in [0.25, 0.3) is 0 Å². The molecule has 0 aliphatic carbocycles. The topological polar surface area (TPSA) is 17.1 Å². The lowest BCUT2D eigenvalue weighted by Gasteiger charge is -2.07. The van der Waals surface area contributed by atoms with Gasteiger partial charge in [0.1, 0.15) is 5.78 Å². The third-order valence-electron chi connectivity index (χ3n) is 2.77. The molecule has 1 aromatic rings. The fraction of sp³-hybridized carbons (Fsp3) is 0.571. The van der Waals surface area contributed by atoms with Gasteiger partial charge in [0, 0.05) is 12.3 Å². The third-order valence-corrected chi connectivity index (χ3v) is 2.77. The molecule has 1 nitrogen and oxygen atoms in total. The lowest BCUT2D eigenvalue weighted by atomic mass is 9.97. The van der Waals surface area contributed by atoms with E-state index in [0.29, 0.717) is 12.2 Å². The number of rotatable bonds is 4. The predicted molar refractivity (Wildman–Crippen MR) is 103 cm³/mol. The largest absolute Gasteiger partial charge is 0.299 e. The molecular formula is C21H38O. The molecule has 22 heavy (non-hydrogen) atoms. The van der Waals surface area contributed by atoms with Crippen LogP contribution in [0.2, 0.25) is 0 Å². The predicted octanol–water partition coefficient (Wildman–Crippen LogP) is 6.92. The van der Waals surface area contributed by atoms with Gasteiger partial charge in [0.05, 0.1) is 0 Å². The zero-order valence-corrected chi connectivity index (χ0v) is 16.4. The van der Waals surface area contributed by atoms with Crippen LogP contribution >= 0.6 is 0 Å². The van der Waals surface area contributed by atoms with E-state index < -0.39 is 0 Å². The Morgan fingerprint density at radius 1 is 1.00 bits per heavy atom. The molecule has 0 amide bonds. The second-order valence-electron chi connectivity index (χ2n) is 5.04. The van der Waals surface area contributed by atoms with Crippen molar-refractivity contribution in [3.63, 3.8) is 0 Å². The van der Waals surface area contributed by atoms with Crippen molar-refractivity contribution in [2.75, 3.05) is 0 Å². The van der Waals surface area contributed by atoms with E-state index in [1.54, 1.807) is 0 Å². The number of allylic oxidation sites excluding steroid dienone is 1. The molecule has 0 saturated carbocycles. The number of carbonyl (C=O) groups excluding carboxylic acids is 1. The van der Waals surface area contributed by atoms with E-state index in [4.69, 9.17) is 0 Å². The number of hydrogen-bond donors (Lipinski definition) is 0. The van der Waals surface area contributed by atoms with Crippen LogP contribution in [0.25, 0.3) is 0 Å². The highest BCUT2D eigenvalue weighted by molar-refractivity contribution is 5.80. The van der Waals surface area contributed by atoms with Gasteiger partial charge in [0.2, 0.25) is 0 Å². The summed E-state index contributed by atoms with van der Waals surface area (Å²) < 4.78 is 0. The van der Waals surface area contributed by atoms with E-state index in [0.717, 1.165) is 12.0 Å². The Kier molecular flexibility index (Phi) is 20.6. The fourth-order valence-corrected chi connectivity index (χ4v) is 1.62. The van der Waals surface area contributed by atoms with Gasteiger partial charge in [-0.25, -0.2) is 0 Å². The first-order valence-corrected chi connectivity index (χ1v) is 8.57. The average Bonchev–Trinajstić information content (AvgIpc) is 2.53. The van der Waals surface area contributed by atoms with E-state index >= 15 is 0 Å². The smallest absolute Gasteiger partial charge is 0.135 e. The van der Waals surface area contributed by atoms with Crippen molar-refractivity contribution < 1.29 is 4.79 Å². The molecule has 0 heterocycles. The summed E-state index contributed by atoms with van der Waals surface area (Å²) in [4.78, 5) is 11.0. The van der Waals surface area contributed by atoms with Crippen molar-refractivity contribution in [3.8, 4) is 0 Å². The highest BCUT2D eigenvalue weighted by atomic mass is 16.1. The van der Waals surface area contributed by atoms with Gasteiger partial charge < -0.3 is 0 Å². The first kappa shape index (κ1) is 25.6. The molecule has 0 bridgehead atoms. The van der Waals surface area contributed by atoms with Crippen LogP contribution in [0.5, 0.6) is 0 Å². The molecule has 1 heteroatoms. The van der Waals surface area contributed by atoms with E-state index in [9.17, 15) is 4.79 Å². The molecule has 0 fully saturated rings. The molecule has 0 aliphatic heterocycles. The van der Waals surface area contributed by atoms with Gasteiger partial charge in [-0.2, -0.15) is 0 Å². The van der Waals surface area contributed by atoms with Gasteiger partial charge in [-0.3, -0.25) is 4.79 Å². The van der Waals surface area contributed by atoms with Crippen molar-refractivity contribution >= 4 is 5.78 Å². The monoisotopic (exact) mass is 306 g/mol. The summed E-state index contributed by atoms with van der Waals surface area (Å²) in [6.07, 6.45) is 1.49. The minimum Gasteiger partial charge on any atom is -0.299 e. The Hall–Kier alpha value is -1.37. The molecule has 128 valence electrons. The van der Waals surface area contributed by atoms with Crippen molar-refractivity contribution in [2.24, 2.45) is 5.92 Å². The minimum atomic E-state index is 0.169. The van der Waals surface area contributed by atoms with Crippen LogP contribution < -0.4 is 0 Å². The van der Waals surface area contributed by atoms with Crippen LogP contribution in [0.3, 0.4) is 0 Å². The number of benzene rings is 1. The Morgan fingerprint density at radius 3 is 1.55 bits per heavy atom. The van der Waals surface area contributed by atoms with Crippen molar-refractivity contribution in [1.82, 2.24) is 0 Å². The summed E-state index contributed by atoms with van der Waals surface area (Å²) in [6.45, 7) is 21.8. The minimum absolute atomic E-state index is 0.169. The van der Waals surface area contributed by atoms with Gasteiger partial charge in [-0.1, -0.05) is 82.5 Å². The Labute approximate surface area is 139 Å². The number of Topliss-reactive ketones (excluding diaryl/α,β-unsaturated/α-hetero) is 1. The summed E-state index contributed by atoms with van der Waals surface area (Å²) in [7, 11) is 0. The second kappa shape index (κ2) is 17.7. The highest BCUT2D eigenvalue weighted by Crippen LogP contribution is 2.11. The molecule has 0 spiro atoms. The molecule has 0 saturated heterocycles. The fourth-order valence-electron chi connectivity index (χ4n) is 1.62. The van der Waals surface area contributed by atoms with Crippen LogP contribution in [0, 0.1) is 19.8 Å². The number of carbonyl (C=O) groups is 1. The van der Waals surface area contributed by atoms with E-state index in [1.165, 1.54) is 11.1 Å². The van der Waals surface area contributed by atoms with E-state index in [-0.39, 0.29) is 5.92 Å². The number of aryl methyl sites for hydroxylation is 2. The zero-order valence-electron chi connectivity index (χ0n) is 16.4. The quantitative estimate of drug-likeness (QED) is 0.551. The van der Waals surface area contributed by atoms with Crippen molar-refractivity contribution in [3.05, 3.63) is 47.5 Å². The van der Waals surface area contributed by atoms with E-state index in [1.807, 2.05) is 48.5 Å². The van der Waals surface area contributed by atoms with Crippen LogP contribution in [0.15, 0.2) is 36.4 Å². The highest BCUT2D eigenvalue weighted by Gasteiger charge is 2.09. The van der Waals surface area contributed by atoms with Crippen LogP contribution in [0.4, 0.5) is 0 Å². The molecule has 1 aromatic carbocycles. The van der Waals surface area contributed by atoms with Crippen LogP contribution in [-0.2, 0) is 4.79 Å². The summed E-state index contributed by atoms with van der Waals surface area (Å²) in [5, 5.41) is 0. The van der Waals surface area contributed by atoms with Crippen molar-refractivity contribution in [1.29, 1.82) is 0 Å². The molecule has 0 radical (unpaired) electrons. The summed E-state index contributed by atoms with van der Waals surface area (Å²) in [5.74, 6) is 0.505. The zero-order chi connectivity index (χ0) is 18.1. The molecule has 1 rings (SSSR count). The van der Waals surface area contributed by atoms with Gasteiger partial charge in [-0.05, 0) is 27.2 Å². The Balaban J connectivity index is -0.000000270. The third kappa shape index (κ3) is 16.7. The Morgan fingerprint density at radius 2 is 1.32 bits per heavy atom. The molecule has 0 aromatic heterocycles. The second-order valence-corrected chi connectivity index (χ2v) is 5.04. The summed E-state index contributed by atoms with van der Waals surface area (Å²) >= 11 is 0.